The Labute approximate surface area is 240 Å². The number of halogens is 1. The van der Waals surface area contributed by atoms with Gasteiger partial charge in [0.05, 0.1) is 12.1 Å². The lowest BCUT2D eigenvalue weighted by molar-refractivity contribution is -0.117. The highest BCUT2D eigenvalue weighted by Gasteiger charge is 2.43. The molecule has 40 heavy (non-hydrogen) atoms. The molecule has 0 radical (unpaired) electrons. The zero-order valence-electron chi connectivity index (χ0n) is 23.1. The summed E-state index contributed by atoms with van der Waals surface area (Å²) in [5, 5.41) is 2.68. The lowest BCUT2D eigenvalue weighted by Gasteiger charge is -2.44. The Kier molecular flexibility index (Phi) is 7.41. The Hall–Kier alpha value is -3.57. The molecule has 0 atom stereocenters. The number of fused-ring (bicyclic) bond motifs is 1. The Bertz CT molecular complexity index is 1520. The minimum atomic E-state index is -0.433. The van der Waals surface area contributed by atoms with Gasteiger partial charge >= 0.3 is 0 Å². The molecule has 6 rings (SSSR count). The van der Waals surface area contributed by atoms with Gasteiger partial charge in [0.25, 0.3) is 0 Å². The summed E-state index contributed by atoms with van der Waals surface area (Å²) in [5.74, 6) is 0.775. The third-order valence-corrected chi connectivity index (χ3v) is 8.65. The first-order chi connectivity index (χ1) is 19.5. The van der Waals surface area contributed by atoms with Gasteiger partial charge in [-0.15, -0.1) is 0 Å². The summed E-state index contributed by atoms with van der Waals surface area (Å²) in [6.45, 7) is 3.28. The van der Waals surface area contributed by atoms with Crippen molar-refractivity contribution in [2.75, 3.05) is 13.7 Å². The quantitative estimate of drug-likeness (QED) is 0.296. The monoisotopic (exact) mass is 555 g/mol. The number of carbonyl (C=O) groups excluding carboxylic acids is 2. The van der Waals surface area contributed by atoms with E-state index in [0.29, 0.717) is 36.0 Å². The molecule has 1 heterocycles. The molecular weight excluding hydrogens is 522 g/mol. The van der Waals surface area contributed by atoms with Crippen molar-refractivity contribution in [1.82, 2.24) is 4.90 Å². The van der Waals surface area contributed by atoms with E-state index in [9.17, 15) is 9.59 Å². The van der Waals surface area contributed by atoms with E-state index in [-0.39, 0.29) is 11.6 Å². The maximum absolute atomic E-state index is 13.5. The predicted octanol–water partition coefficient (Wildman–Crippen LogP) is 7.90. The highest BCUT2D eigenvalue weighted by atomic mass is 35.5. The van der Waals surface area contributed by atoms with E-state index >= 15 is 0 Å². The molecule has 0 unspecified atom stereocenters. The van der Waals surface area contributed by atoms with Crippen LogP contribution >= 0.6 is 11.6 Å². The summed E-state index contributed by atoms with van der Waals surface area (Å²) in [7, 11) is 1.59. The summed E-state index contributed by atoms with van der Waals surface area (Å²) < 4.78 is 12.1. The van der Waals surface area contributed by atoms with Gasteiger partial charge in [-0.2, -0.15) is 0 Å². The van der Waals surface area contributed by atoms with Crippen molar-refractivity contribution in [3.8, 4) is 11.5 Å². The second kappa shape index (κ2) is 11.1. The number of ketones is 2. The number of benzene rings is 3. The fourth-order valence-corrected chi connectivity index (χ4v) is 6.93. The van der Waals surface area contributed by atoms with Crippen molar-refractivity contribution >= 4 is 33.9 Å². The summed E-state index contributed by atoms with van der Waals surface area (Å²) >= 11 is 6.90. The molecule has 0 saturated carbocycles. The first kappa shape index (κ1) is 26.6. The zero-order valence-corrected chi connectivity index (χ0v) is 23.9. The van der Waals surface area contributed by atoms with Crippen LogP contribution in [-0.2, 0) is 16.2 Å². The number of hydrogen-bond donors (Lipinski definition) is 0. The van der Waals surface area contributed by atoms with E-state index in [4.69, 9.17) is 21.1 Å². The number of carbonyl (C=O) groups is 2. The van der Waals surface area contributed by atoms with Gasteiger partial charge in [0.2, 0.25) is 0 Å². The molecule has 1 aliphatic heterocycles. The molecule has 3 aromatic carbocycles. The largest absolute Gasteiger partial charge is 0.493 e. The fraction of sp³-hybridized carbons (Fsp3) is 0.353. The van der Waals surface area contributed by atoms with Gasteiger partial charge in [-0.25, -0.2) is 0 Å². The number of ether oxygens (including phenoxy) is 2. The van der Waals surface area contributed by atoms with Crippen molar-refractivity contribution in [3.05, 3.63) is 93.3 Å². The van der Waals surface area contributed by atoms with Gasteiger partial charge in [-0.1, -0.05) is 61.0 Å². The van der Waals surface area contributed by atoms with Crippen molar-refractivity contribution in [3.63, 3.8) is 0 Å². The minimum absolute atomic E-state index is 0.128. The lowest BCUT2D eigenvalue weighted by atomic mass is 9.71. The summed E-state index contributed by atoms with van der Waals surface area (Å²) in [6.07, 6.45) is 5.33. The molecule has 2 aliphatic carbocycles. The van der Waals surface area contributed by atoms with Crippen LogP contribution in [0.25, 0.3) is 10.8 Å². The second-order valence-corrected chi connectivity index (χ2v) is 11.2. The average molecular weight is 556 g/mol. The van der Waals surface area contributed by atoms with Crippen molar-refractivity contribution in [2.45, 2.75) is 64.4 Å². The molecule has 0 fully saturated rings. The van der Waals surface area contributed by atoms with Gasteiger partial charge in [0, 0.05) is 47.8 Å². The van der Waals surface area contributed by atoms with E-state index in [1.165, 1.54) is 0 Å². The van der Waals surface area contributed by atoms with E-state index < -0.39 is 5.92 Å². The first-order valence-electron chi connectivity index (χ1n) is 14.3. The summed E-state index contributed by atoms with van der Waals surface area (Å²) in [4.78, 5) is 29.3. The van der Waals surface area contributed by atoms with Gasteiger partial charge in [0.1, 0.15) is 6.61 Å². The highest BCUT2D eigenvalue weighted by molar-refractivity contribution is 6.32. The molecule has 5 nitrogen and oxygen atoms in total. The van der Waals surface area contributed by atoms with Crippen molar-refractivity contribution < 1.29 is 19.1 Å². The highest BCUT2D eigenvalue weighted by Crippen LogP contribution is 2.51. The number of Topliss-reactive ketones (excluding diaryl/α,β-unsaturated/α-hetero) is 2. The van der Waals surface area contributed by atoms with Gasteiger partial charge in [0.15, 0.2) is 23.1 Å². The predicted molar refractivity (Wildman–Crippen MR) is 158 cm³/mol. The van der Waals surface area contributed by atoms with Gasteiger partial charge < -0.3 is 14.4 Å². The first-order valence-corrected chi connectivity index (χ1v) is 14.7. The number of methoxy groups -OCH3 is 1. The Balaban J connectivity index is 1.42. The molecule has 0 bridgehead atoms. The van der Waals surface area contributed by atoms with Crippen LogP contribution in [0.1, 0.15) is 68.9 Å². The standard InChI is InChI=1S/C34H34ClNO4/c1-3-17-36-26-13-7-15-28(37)32(26)31(33-27(36)14-8-16-29(33)38)23-18-25(35)34(30(19-23)39-2)40-20-22-11-6-10-21-9-4-5-12-24(21)22/h4-6,9-12,18-19,31H,3,7-8,13-17,20H2,1-2H3. The van der Waals surface area contributed by atoms with Crippen LogP contribution in [-0.4, -0.2) is 30.1 Å². The van der Waals surface area contributed by atoms with E-state index in [1.54, 1.807) is 7.11 Å². The molecule has 0 amide bonds. The third kappa shape index (κ3) is 4.60. The topological polar surface area (TPSA) is 55.8 Å². The molecule has 6 heteroatoms. The molecule has 0 spiro atoms. The smallest absolute Gasteiger partial charge is 0.180 e. The van der Waals surface area contributed by atoms with E-state index in [0.717, 1.165) is 83.1 Å². The number of nitrogens with zero attached hydrogens (tertiary/aromatic N) is 1. The van der Waals surface area contributed by atoms with Gasteiger partial charge in [-0.3, -0.25) is 9.59 Å². The normalized spacial score (nSPS) is 17.8. The van der Waals surface area contributed by atoms with Crippen LogP contribution in [0.2, 0.25) is 5.02 Å². The fourth-order valence-electron chi connectivity index (χ4n) is 6.66. The maximum atomic E-state index is 13.5. The molecule has 0 N–H and O–H groups in total. The molecule has 3 aliphatic rings. The molecule has 0 saturated heterocycles. The van der Waals surface area contributed by atoms with Crippen LogP contribution in [0.3, 0.4) is 0 Å². The third-order valence-electron chi connectivity index (χ3n) is 8.37. The van der Waals surface area contributed by atoms with Crippen LogP contribution in [0.15, 0.2) is 77.1 Å². The number of hydrogen-bond acceptors (Lipinski definition) is 5. The van der Waals surface area contributed by atoms with E-state index in [1.807, 2.05) is 36.4 Å². The average Bonchev–Trinajstić information content (AvgIpc) is 2.97. The SMILES string of the molecule is CCCN1C2=C(C(=O)CCC2)C(c2cc(Cl)c(OCc3cccc4ccccc34)c(OC)c2)C2=C1CCCC2=O. The Morgan fingerprint density at radius 3 is 2.25 bits per heavy atom. The lowest BCUT2D eigenvalue weighted by Crippen LogP contribution is -2.39. The molecule has 206 valence electrons. The summed E-state index contributed by atoms with van der Waals surface area (Å²) in [5.41, 5.74) is 5.55. The van der Waals surface area contributed by atoms with E-state index in [2.05, 4.69) is 30.0 Å². The maximum Gasteiger partial charge on any atom is 0.180 e. The molecule has 3 aromatic rings. The van der Waals surface area contributed by atoms with Crippen molar-refractivity contribution in [2.24, 2.45) is 0 Å². The number of allylic oxidation sites excluding steroid dienone is 4. The summed E-state index contributed by atoms with van der Waals surface area (Å²) in [6, 6.07) is 18.1. The Morgan fingerprint density at radius 1 is 0.900 bits per heavy atom. The Morgan fingerprint density at radius 2 is 1.57 bits per heavy atom. The molecule has 0 aromatic heterocycles. The van der Waals surface area contributed by atoms with Crippen molar-refractivity contribution in [1.29, 1.82) is 0 Å². The van der Waals surface area contributed by atoms with Crippen LogP contribution in [0.4, 0.5) is 0 Å². The minimum Gasteiger partial charge on any atom is -0.493 e. The van der Waals surface area contributed by atoms with Crippen LogP contribution in [0, 0.1) is 0 Å². The zero-order chi connectivity index (χ0) is 27.8. The number of rotatable bonds is 7. The molecular formula is C34H34ClNO4. The van der Waals surface area contributed by atoms with Crippen LogP contribution < -0.4 is 9.47 Å². The second-order valence-electron chi connectivity index (χ2n) is 10.8. The van der Waals surface area contributed by atoms with Crippen LogP contribution in [0.5, 0.6) is 11.5 Å². The van der Waals surface area contributed by atoms with Gasteiger partial charge in [-0.05, 0) is 66.1 Å².